The minimum Gasteiger partial charge on any atom is -0.693 e. The normalized spacial score (nSPS) is 5.71. The summed E-state index contributed by atoms with van der Waals surface area (Å²) in [6, 6.07) is 4.76. The van der Waals surface area contributed by atoms with Crippen LogP contribution in [0.25, 0.3) is 12.3 Å². The number of hydrogen-bond acceptors (Lipinski definition) is 2. The van der Waals surface area contributed by atoms with Crippen molar-refractivity contribution in [2.75, 3.05) is 0 Å². The third-order valence-electron chi connectivity index (χ3n) is 0.884. The van der Waals surface area contributed by atoms with Crippen molar-refractivity contribution in [2.45, 2.75) is 0 Å². The van der Waals surface area contributed by atoms with Crippen molar-refractivity contribution in [3.05, 3.63) is 57.2 Å². The number of carbonyl (C=O) groups is 1. The molecule has 0 aliphatic heterocycles. The van der Waals surface area contributed by atoms with Crippen molar-refractivity contribution in [1.29, 1.82) is 0 Å². The van der Waals surface area contributed by atoms with Gasteiger partial charge in [-0.25, -0.2) is 9.78 Å². The molecule has 14 heavy (non-hydrogen) atoms. The molecule has 1 radical (unpaired) electrons. The molecule has 0 aliphatic carbocycles. The van der Waals surface area contributed by atoms with Crippen LogP contribution in [0.2, 0.25) is 0 Å². The largest absolute Gasteiger partial charge is 0.693 e. The van der Waals surface area contributed by atoms with E-state index < -0.39 is 5.97 Å². The minimum absolute atomic E-state index is 0. The standard InChI is InChI=1S/C6H5NO2.2CH3.Ir.2H2N/c8-6(9)5-3-1-2-4-7-5;;;;;/h1-4H,(H,8,9);2*1H3;;2*1H2/q;2*-1;;2*-1. The molecular weight excluding hydrogens is 362 g/mol. The first-order chi connectivity index (χ1) is 4.30. The summed E-state index contributed by atoms with van der Waals surface area (Å²) in [4.78, 5) is 13.7. The second-order valence-corrected chi connectivity index (χ2v) is 1.52. The average molecular weight is 377 g/mol. The summed E-state index contributed by atoms with van der Waals surface area (Å²) < 4.78 is 0. The molecule has 0 bridgehead atoms. The van der Waals surface area contributed by atoms with Gasteiger partial charge in [0.05, 0.1) is 0 Å². The summed E-state index contributed by atoms with van der Waals surface area (Å²) >= 11 is 0. The molecule has 1 heterocycles. The zero-order valence-corrected chi connectivity index (χ0v) is 10.5. The molecule has 0 fully saturated rings. The fraction of sp³-hybridized carbons (Fsp3) is 0. The van der Waals surface area contributed by atoms with Crippen molar-refractivity contribution < 1.29 is 30.0 Å². The van der Waals surface area contributed by atoms with Crippen LogP contribution >= 0.6 is 0 Å². The van der Waals surface area contributed by atoms with E-state index in [1.807, 2.05) is 0 Å². The van der Waals surface area contributed by atoms with Crippen LogP contribution in [0.15, 0.2) is 24.4 Å². The fourth-order valence-corrected chi connectivity index (χ4v) is 0.489. The number of aromatic nitrogens is 1. The molecular formula is C8H15IrN3O2-4. The second kappa shape index (κ2) is 14.7. The summed E-state index contributed by atoms with van der Waals surface area (Å²) in [5, 5.41) is 8.32. The van der Waals surface area contributed by atoms with E-state index >= 15 is 0 Å². The third-order valence-corrected chi connectivity index (χ3v) is 0.884. The van der Waals surface area contributed by atoms with Crippen LogP contribution in [0.3, 0.4) is 0 Å². The summed E-state index contributed by atoms with van der Waals surface area (Å²) in [6.07, 6.45) is 1.45. The Kier molecular flexibility index (Phi) is 30.7. The van der Waals surface area contributed by atoms with Crippen LogP contribution in [-0.2, 0) is 20.1 Å². The molecule has 6 heteroatoms. The van der Waals surface area contributed by atoms with Gasteiger partial charge >= 0.3 is 5.97 Å². The van der Waals surface area contributed by atoms with Crippen LogP contribution in [-0.4, -0.2) is 16.1 Å². The quantitative estimate of drug-likeness (QED) is 0.758. The third kappa shape index (κ3) is 9.28. The number of carboxylic acids is 1. The van der Waals surface area contributed by atoms with Gasteiger partial charge in [0.25, 0.3) is 0 Å². The predicted octanol–water partition coefficient (Wildman–Crippen LogP) is 3.11. The van der Waals surface area contributed by atoms with E-state index in [4.69, 9.17) is 5.11 Å². The van der Waals surface area contributed by atoms with E-state index in [-0.39, 0.29) is 53.0 Å². The molecule has 5 N–H and O–H groups in total. The van der Waals surface area contributed by atoms with Crippen LogP contribution in [0, 0.1) is 14.9 Å². The zero-order valence-electron chi connectivity index (χ0n) is 8.10. The molecule has 0 aromatic carbocycles. The van der Waals surface area contributed by atoms with Crippen molar-refractivity contribution in [1.82, 2.24) is 4.98 Å². The maximum Gasteiger partial charge on any atom is 0.354 e. The van der Waals surface area contributed by atoms with Gasteiger partial charge in [-0.15, -0.1) is 0 Å². The van der Waals surface area contributed by atoms with Crippen LogP contribution in [0.4, 0.5) is 0 Å². The van der Waals surface area contributed by atoms with Gasteiger partial charge in [0.2, 0.25) is 0 Å². The van der Waals surface area contributed by atoms with Gasteiger partial charge < -0.3 is 32.3 Å². The Morgan fingerprint density at radius 1 is 1.21 bits per heavy atom. The van der Waals surface area contributed by atoms with Gasteiger partial charge in [-0.1, -0.05) is 6.07 Å². The Balaban J connectivity index is -0.0000000540. The van der Waals surface area contributed by atoms with E-state index in [2.05, 4.69) is 4.98 Å². The molecule has 87 valence electrons. The number of hydrogen-bond donors (Lipinski definition) is 1. The first-order valence-corrected chi connectivity index (χ1v) is 2.45. The second-order valence-electron chi connectivity index (χ2n) is 1.52. The molecule has 0 unspecified atom stereocenters. The number of nitrogens with zero attached hydrogens (tertiary/aromatic N) is 1. The van der Waals surface area contributed by atoms with Crippen molar-refractivity contribution >= 4 is 5.97 Å². The van der Waals surface area contributed by atoms with Crippen LogP contribution in [0.5, 0.6) is 0 Å². The topological polar surface area (TPSA) is 117 Å². The van der Waals surface area contributed by atoms with Gasteiger partial charge in [-0.3, -0.25) is 0 Å². The number of carboxylic acid groups (broad SMARTS) is 1. The van der Waals surface area contributed by atoms with Gasteiger partial charge in [0.1, 0.15) is 5.69 Å². The number of aromatic carboxylic acids is 1. The fourth-order valence-electron chi connectivity index (χ4n) is 0.489. The smallest absolute Gasteiger partial charge is 0.354 e. The van der Waals surface area contributed by atoms with Crippen LogP contribution < -0.4 is 0 Å². The molecule has 0 aliphatic rings. The first kappa shape index (κ1) is 29.2. The van der Waals surface area contributed by atoms with E-state index in [0.29, 0.717) is 0 Å². The van der Waals surface area contributed by atoms with Gasteiger partial charge in [-0.05, 0) is 12.1 Å². The summed E-state index contributed by atoms with van der Waals surface area (Å²) in [6.45, 7) is 0. The Hall–Kier alpha value is -0.811. The SMILES string of the molecule is O=C(O)c1ccccn1.[CH3-].[CH3-].[Ir].[NH2-].[NH2-]. The molecule has 0 atom stereocenters. The molecule has 1 aromatic rings. The molecule has 0 spiro atoms. The number of rotatable bonds is 1. The summed E-state index contributed by atoms with van der Waals surface area (Å²) in [7, 11) is 0. The monoisotopic (exact) mass is 378 g/mol. The van der Waals surface area contributed by atoms with E-state index in [0.717, 1.165) is 0 Å². The first-order valence-electron chi connectivity index (χ1n) is 2.45. The summed E-state index contributed by atoms with van der Waals surface area (Å²) in [5.74, 6) is -0.990. The van der Waals surface area contributed by atoms with Gasteiger partial charge in [0, 0.05) is 26.3 Å². The maximum absolute atomic E-state index is 10.1. The molecule has 1 rings (SSSR count). The van der Waals surface area contributed by atoms with Crippen LogP contribution in [0.1, 0.15) is 10.5 Å². The molecule has 0 amide bonds. The Labute approximate surface area is 98.5 Å². The summed E-state index contributed by atoms with van der Waals surface area (Å²) in [5.41, 5.74) is 0.0810. The number of pyridine rings is 1. The minimum atomic E-state index is -0.990. The van der Waals surface area contributed by atoms with Crippen molar-refractivity contribution in [3.63, 3.8) is 0 Å². The average Bonchev–Trinajstić information content (AvgIpc) is 1.90. The zero-order chi connectivity index (χ0) is 6.69. The van der Waals surface area contributed by atoms with Gasteiger partial charge in [-0.2, -0.15) is 0 Å². The molecule has 0 saturated carbocycles. The molecule has 1 aromatic heterocycles. The Morgan fingerprint density at radius 3 is 1.93 bits per heavy atom. The molecule has 0 saturated heterocycles. The van der Waals surface area contributed by atoms with E-state index in [1.165, 1.54) is 12.3 Å². The van der Waals surface area contributed by atoms with Gasteiger partial charge in [0.15, 0.2) is 0 Å². The van der Waals surface area contributed by atoms with E-state index in [9.17, 15) is 4.79 Å². The Morgan fingerprint density at radius 2 is 1.71 bits per heavy atom. The predicted molar refractivity (Wildman–Crippen MR) is 54.6 cm³/mol. The van der Waals surface area contributed by atoms with E-state index in [1.54, 1.807) is 12.1 Å². The van der Waals surface area contributed by atoms with Crippen molar-refractivity contribution in [2.24, 2.45) is 0 Å². The molecule has 5 nitrogen and oxygen atoms in total. The number of nitrogens with two attached hydrogens (primary N) is 2. The Bertz CT molecular complexity index is 219. The maximum atomic E-state index is 10.1. The van der Waals surface area contributed by atoms with Crippen molar-refractivity contribution in [3.8, 4) is 0 Å².